The Morgan fingerprint density at radius 3 is 1.97 bits per heavy atom. The van der Waals surface area contributed by atoms with Gasteiger partial charge in [-0.2, -0.15) is 0 Å². The first-order valence-electron chi connectivity index (χ1n) is 11.6. The van der Waals surface area contributed by atoms with Crippen LogP contribution in [0.4, 0.5) is 0 Å². The van der Waals surface area contributed by atoms with E-state index in [1.807, 2.05) is 59.7 Å². The molecule has 2 aromatic rings. The van der Waals surface area contributed by atoms with E-state index in [1.165, 1.54) is 5.56 Å². The van der Waals surface area contributed by atoms with Crippen molar-refractivity contribution >= 4 is 19.4 Å². The standard InChI is InChI=1S/C27H39O5P.Li.H/c1-10-29-19(5)31-22-12-13-24(23(16-22)32-20(6)30-11-2)33-26(28)25-17(3)14-21(15-18(25)4)27(7,8)9;;/h12-16,19-20,33H,10-11H2,1-9H3;;/q;+1;-1. The van der Waals surface area contributed by atoms with E-state index < -0.39 is 6.29 Å². The van der Waals surface area contributed by atoms with Crippen molar-refractivity contribution < 1.29 is 44.0 Å². The first kappa shape index (κ1) is 30.7. The van der Waals surface area contributed by atoms with Crippen LogP contribution in [0.3, 0.4) is 0 Å². The number of carbonyl (C=O) groups excluding carboxylic acids is 1. The molecule has 3 unspecified atom stereocenters. The fourth-order valence-corrected chi connectivity index (χ4v) is 4.81. The van der Waals surface area contributed by atoms with Crippen LogP contribution in [0.5, 0.6) is 11.5 Å². The molecule has 0 bridgehead atoms. The molecule has 0 aromatic heterocycles. The topological polar surface area (TPSA) is 54.0 Å². The molecular weight excluding hydrogens is 442 g/mol. The molecule has 0 saturated carbocycles. The minimum absolute atomic E-state index is 0. The SMILES string of the molecule is CCOC(C)Oc1ccc(PC(=O)c2c(C)cc(C(C)(C)C)cc2C)c(OC(C)OCC)c1.[H-].[Li+]. The molecule has 0 heterocycles. The maximum absolute atomic E-state index is 13.4. The maximum atomic E-state index is 13.4. The van der Waals surface area contributed by atoms with Gasteiger partial charge in [0.05, 0.1) is 0 Å². The predicted molar refractivity (Wildman–Crippen MR) is 138 cm³/mol. The van der Waals surface area contributed by atoms with Gasteiger partial charge in [0.25, 0.3) is 0 Å². The van der Waals surface area contributed by atoms with Gasteiger partial charge in [0, 0.05) is 30.1 Å². The van der Waals surface area contributed by atoms with E-state index >= 15 is 0 Å². The van der Waals surface area contributed by atoms with E-state index in [9.17, 15) is 4.79 Å². The maximum Gasteiger partial charge on any atom is 1.00 e. The van der Waals surface area contributed by atoms with Crippen LogP contribution in [0.15, 0.2) is 30.3 Å². The molecule has 0 N–H and O–H groups in total. The number of hydrogen-bond acceptors (Lipinski definition) is 5. The molecular formula is C27H40LiO5P. The summed E-state index contributed by atoms with van der Waals surface area (Å²) in [5.41, 5.74) is 4.16. The van der Waals surface area contributed by atoms with Crippen LogP contribution < -0.4 is 33.6 Å². The number of rotatable bonds is 11. The number of ether oxygens (including phenoxy) is 4. The van der Waals surface area contributed by atoms with Crippen molar-refractivity contribution in [3.8, 4) is 11.5 Å². The van der Waals surface area contributed by atoms with Crippen molar-refractivity contribution in [1.29, 1.82) is 0 Å². The van der Waals surface area contributed by atoms with Crippen molar-refractivity contribution in [3.63, 3.8) is 0 Å². The van der Waals surface area contributed by atoms with Crippen LogP contribution in [0.2, 0.25) is 0 Å². The van der Waals surface area contributed by atoms with E-state index in [4.69, 9.17) is 18.9 Å². The Hall–Kier alpha value is -1.34. The van der Waals surface area contributed by atoms with Crippen LogP contribution in [0, 0.1) is 13.8 Å². The molecule has 0 saturated heterocycles. The first-order valence-corrected chi connectivity index (χ1v) is 12.6. The summed E-state index contributed by atoms with van der Waals surface area (Å²) >= 11 is 0. The zero-order valence-corrected chi connectivity index (χ0v) is 23.5. The Kier molecular flexibility index (Phi) is 12.3. The van der Waals surface area contributed by atoms with E-state index in [0.29, 0.717) is 24.7 Å². The van der Waals surface area contributed by atoms with E-state index in [2.05, 4.69) is 32.9 Å². The molecule has 5 nitrogen and oxygen atoms in total. The van der Waals surface area contributed by atoms with Gasteiger partial charge in [0.1, 0.15) is 11.5 Å². The van der Waals surface area contributed by atoms with Gasteiger partial charge in [-0.25, -0.2) is 0 Å². The predicted octanol–water partition coefficient (Wildman–Crippen LogP) is 3.38. The monoisotopic (exact) mass is 482 g/mol. The Morgan fingerprint density at radius 1 is 0.941 bits per heavy atom. The third-order valence-corrected chi connectivity index (χ3v) is 6.38. The fraction of sp³-hybridized carbons (Fsp3) is 0.519. The number of hydrogen-bond donors (Lipinski definition) is 0. The van der Waals surface area contributed by atoms with Crippen molar-refractivity contribution in [3.05, 3.63) is 52.6 Å². The molecule has 7 heteroatoms. The molecule has 184 valence electrons. The summed E-state index contributed by atoms with van der Waals surface area (Å²) in [6.07, 6.45) is -0.823. The fourth-order valence-electron chi connectivity index (χ4n) is 3.62. The average molecular weight is 483 g/mol. The molecule has 0 amide bonds. The van der Waals surface area contributed by atoms with Gasteiger partial charge < -0.3 is 20.4 Å². The molecule has 0 fully saturated rings. The van der Waals surface area contributed by atoms with Crippen LogP contribution in [0.1, 0.15) is 76.9 Å². The quantitative estimate of drug-likeness (QED) is 0.279. The first-order chi connectivity index (χ1) is 15.5. The largest absolute Gasteiger partial charge is 1.00 e. The second kappa shape index (κ2) is 13.7. The number of benzene rings is 2. The van der Waals surface area contributed by atoms with Crippen LogP contribution in [-0.4, -0.2) is 31.3 Å². The Bertz CT molecular complexity index is 938. The second-order valence-electron chi connectivity index (χ2n) is 9.13. The van der Waals surface area contributed by atoms with Gasteiger partial charge in [-0.1, -0.05) is 32.9 Å². The molecule has 0 aliphatic carbocycles. The van der Waals surface area contributed by atoms with Gasteiger partial charge in [-0.3, -0.25) is 4.79 Å². The van der Waals surface area contributed by atoms with Gasteiger partial charge >= 0.3 is 18.9 Å². The van der Waals surface area contributed by atoms with Gasteiger partial charge in [0.15, 0.2) is 18.1 Å². The normalized spacial score (nSPS) is 13.4. The molecule has 0 aliphatic heterocycles. The molecule has 0 radical (unpaired) electrons. The van der Waals surface area contributed by atoms with Gasteiger partial charge in [-0.05, 0) is 84.4 Å². The van der Waals surface area contributed by atoms with Crippen LogP contribution in [-0.2, 0) is 14.9 Å². The van der Waals surface area contributed by atoms with Crippen LogP contribution in [0.25, 0.3) is 0 Å². The zero-order valence-electron chi connectivity index (χ0n) is 23.5. The van der Waals surface area contributed by atoms with Gasteiger partial charge in [0.2, 0.25) is 0 Å². The summed E-state index contributed by atoms with van der Waals surface area (Å²) in [5.74, 6) is 1.21. The van der Waals surface area contributed by atoms with E-state index in [0.717, 1.165) is 22.0 Å². The second-order valence-corrected chi connectivity index (χ2v) is 10.4. The van der Waals surface area contributed by atoms with Crippen molar-refractivity contribution in [1.82, 2.24) is 0 Å². The molecule has 0 aliphatic rings. The number of aryl methyl sites for hydroxylation is 2. The molecule has 2 aromatic carbocycles. The molecule has 2 rings (SSSR count). The van der Waals surface area contributed by atoms with Crippen molar-refractivity contribution in [2.24, 2.45) is 0 Å². The van der Waals surface area contributed by atoms with Crippen LogP contribution >= 0.6 is 8.58 Å². The van der Waals surface area contributed by atoms with Crippen molar-refractivity contribution in [2.45, 2.75) is 80.3 Å². The minimum Gasteiger partial charge on any atom is -1.00 e. The summed E-state index contributed by atoms with van der Waals surface area (Å²) in [5, 5.41) is 0.821. The van der Waals surface area contributed by atoms with Gasteiger partial charge in [-0.15, -0.1) is 0 Å². The smallest absolute Gasteiger partial charge is 1.00 e. The van der Waals surface area contributed by atoms with E-state index in [-0.39, 0.29) is 46.1 Å². The summed E-state index contributed by atoms with van der Waals surface area (Å²) in [7, 11) is -0.0813. The molecule has 3 atom stereocenters. The zero-order chi connectivity index (χ0) is 24.8. The third kappa shape index (κ3) is 8.70. The summed E-state index contributed by atoms with van der Waals surface area (Å²) in [4.78, 5) is 13.4. The molecule has 0 spiro atoms. The number of carbonyl (C=O) groups is 1. The minimum atomic E-state index is -0.442. The van der Waals surface area contributed by atoms with E-state index in [1.54, 1.807) is 0 Å². The Labute approximate surface area is 220 Å². The Morgan fingerprint density at radius 2 is 1.47 bits per heavy atom. The molecule has 34 heavy (non-hydrogen) atoms. The average Bonchev–Trinajstić information content (AvgIpc) is 2.69. The Balaban J connectivity index is 0.00000578. The summed E-state index contributed by atoms with van der Waals surface area (Å²) in [6, 6.07) is 9.82. The summed E-state index contributed by atoms with van der Waals surface area (Å²) in [6.45, 7) is 19.2. The third-order valence-electron chi connectivity index (χ3n) is 5.22. The van der Waals surface area contributed by atoms with Crippen molar-refractivity contribution in [2.75, 3.05) is 13.2 Å². The summed E-state index contributed by atoms with van der Waals surface area (Å²) < 4.78 is 22.9.